The monoisotopic (exact) mass is 495 g/mol. The van der Waals surface area contributed by atoms with Crippen LogP contribution < -0.4 is 0 Å². The SMILES string of the molecule is COC(=O)c1ccc2[nH]c3c(c2c1)CN(C(=O)c1cc(S(=O)(=O)N2CCCCC2)ccc1C)CC3. The molecule has 8 nitrogen and oxygen atoms in total. The molecule has 1 saturated heterocycles. The number of ether oxygens (including phenoxy) is 1. The molecule has 0 radical (unpaired) electrons. The van der Waals surface area contributed by atoms with Crippen molar-refractivity contribution in [2.45, 2.75) is 44.0 Å². The highest BCUT2D eigenvalue weighted by molar-refractivity contribution is 7.89. The van der Waals surface area contributed by atoms with Crippen molar-refractivity contribution in [1.82, 2.24) is 14.2 Å². The summed E-state index contributed by atoms with van der Waals surface area (Å²) in [6.45, 7) is 3.76. The van der Waals surface area contributed by atoms with Crippen LogP contribution in [0.3, 0.4) is 0 Å². The lowest BCUT2D eigenvalue weighted by atomic mass is 10.0. The van der Waals surface area contributed by atoms with Crippen molar-refractivity contribution >= 4 is 32.8 Å². The summed E-state index contributed by atoms with van der Waals surface area (Å²) in [7, 11) is -2.29. The lowest BCUT2D eigenvalue weighted by molar-refractivity contribution is 0.0600. The van der Waals surface area contributed by atoms with Crippen LogP contribution >= 0.6 is 0 Å². The lowest BCUT2D eigenvalue weighted by Crippen LogP contribution is -2.37. The number of aromatic nitrogens is 1. The molecule has 1 aromatic heterocycles. The summed E-state index contributed by atoms with van der Waals surface area (Å²) >= 11 is 0. The largest absolute Gasteiger partial charge is 0.465 e. The molecule has 2 aliphatic rings. The zero-order chi connectivity index (χ0) is 24.7. The second kappa shape index (κ2) is 9.13. The van der Waals surface area contributed by atoms with Crippen LogP contribution in [0.2, 0.25) is 0 Å². The summed E-state index contributed by atoms with van der Waals surface area (Å²) in [5.41, 5.74) is 4.52. The third kappa shape index (κ3) is 4.23. The molecule has 9 heteroatoms. The molecule has 0 spiro atoms. The normalized spacial score (nSPS) is 16.8. The molecule has 0 aliphatic carbocycles. The zero-order valence-electron chi connectivity index (χ0n) is 20.0. The first-order chi connectivity index (χ1) is 16.8. The first-order valence-corrected chi connectivity index (χ1v) is 13.4. The van der Waals surface area contributed by atoms with Gasteiger partial charge in [0.05, 0.1) is 17.6 Å². The van der Waals surface area contributed by atoms with Crippen LogP contribution in [0.5, 0.6) is 0 Å². The van der Waals surface area contributed by atoms with E-state index in [0.29, 0.717) is 43.7 Å². The Morgan fingerprint density at radius 2 is 1.77 bits per heavy atom. The van der Waals surface area contributed by atoms with Gasteiger partial charge in [0.1, 0.15) is 0 Å². The van der Waals surface area contributed by atoms with Gasteiger partial charge in [-0.3, -0.25) is 4.79 Å². The minimum Gasteiger partial charge on any atom is -0.465 e. The molecular weight excluding hydrogens is 466 g/mol. The van der Waals surface area contributed by atoms with Crippen LogP contribution in [0.4, 0.5) is 0 Å². The summed E-state index contributed by atoms with van der Waals surface area (Å²) in [5.74, 6) is -0.602. The van der Waals surface area contributed by atoms with E-state index < -0.39 is 16.0 Å². The van der Waals surface area contributed by atoms with Gasteiger partial charge in [-0.2, -0.15) is 4.31 Å². The zero-order valence-corrected chi connectivity index (χ0v) is 20.8. The van der Waals surface area contributed by atoms with E-state index in [-0.39, 0.29) is 10.8 Å². The number of aromatic amines is 1. The molecule has 2 aliphatic heterocycles. The van der Waals surface area contributed by atoms with Crippen LogP contribution in [0.15, 0.2) is 41.3 Å². The second-order valence-corrected chi connectivity index (χ2v) is 11.2. The van der Waals surface area contributed by atoms with Gasteiger partial charge >= 0.3 is 5.97 Å². The van der Waals surface area contributed by atoms with E-state index in [4.69, 9.17) is 4.74 Å². The number of sulfonamides is 1. The third-order valence-electron chi connectivity index (χ3n) is 7.08. The number of esters is 1. The lowest BCUT2D eigenvalue weighted by Gasteiger charge is -2.29. The fourth-order valence-corrected chi connectivity index (χ4v) is 6.59. The number of nitrogens with zero attached hydrogens (tertiary/aromatic N) is 2. The Hall–Kier alpha value is -3.17. The number of methoxy groups -OCH3 is 1. The van der Waals surface area contributed by atoms with Gasteiger partial charge in [-0.1, -0.05) is 12.5 Å². The average Bonchev–Trinajstić information content (AvgIpc) is 3.25. The van der Waals surface area contributed by atoms with Crippen LogP contribution in [0.25, 0.3) is 10.9 Å². The Morgan fingerprint density at radius 3 is 2.51 bits per heavy atom. The molecule has 0 bridgehead atoms. The van der Waals surface area contributed by atoms with Crippen LogP contribution in [-0.4, -0.2) is 61.2 Å². The maximum Gasteiger partial charge on any atom is 0.337 e. The summed E-state index contributed by atoms with van der Waals surface area (Å²) in [4.78, 5) is 30.9. The third-order valence-corrected chi connectivity index (χ3v) is 8.97. The highest BCUT2D eigenvalue weighted by Gasteiger charge is 2.30. The first-order valence-electron chi connectivity index (χ1n) is 11.9. The molecular formula is C26H29N3O5S. The topological polar surface area (TPSA) is 99.8 Å². The number of aryl methyl sites for hydroxylation is 1. The summed E-state index contributed by atoms with van der Waals surface area (Å²) in [6.07, 6.45) is 3.40. The molecule has 184 valence electrons. The van der Waals surface area contributed by atoms with Gasteiger partial charge in [0.15, 0.2) is 0 Å². The fourth-order valence-electron chi connectivity index (χ4n) is 5.05. The van der Waals surface area contributed by atoms with E-state index in [9.17, 15) is 18.0 Å². The standard InChI is InChI=1S/C26H29N3O5S/c1-17-6-8-19(35(32,33)29-11-4-3-5-12-29)15-20(17)25(30)28-13-10-24-22(16-28)21-14-18(26(31)34-2)7-9-23(21)27-24/h6-9,14-15,27H,3-5,10-13,16H2,1-2H3. The van der Waals surface area contributed by atoms with Crippen molar-refractivity contribution < 1.29 is 22.7 Å². The molecule has 1 N–H and O–H groups in total. The van der Waals surface area contributed by atoms with E-state index in [2.05, 4.69) is 4.98 Å². The molecule has 1 fully saturated rings. The Kier molecular flexibility index (Phi) is 6.14. The van der Waals surface area contributed by atoms with Gasteiger partial charge < -0.3 is 14.6 Å². The van der Waals surface area contributed by atoms with Crippen LogP contribution in [0, 0.1) is 6.92 Å². The maximum atomic E-state index is 13.6. The smallest absolute Gasteiger partial charge is 0.337 e. The Bertz CT molecular complexity index is 1420. The van der Waals surface area contributed by atoms with Gasteiger partial charge in [-0.05, 0) is 55.7 Å². The number of carbonyl (C=O) groups is 2. The predicted octanol–water partition coefficient (Wildman–Crippen LogP) is 3.64. The van der Waals surface area contributed by atoms with Crippen LogP contribution in [0.1, 0.15) is 56.8 Å². The van der Waals surface area contributed by atoms with Crippen molar-refractivity contribution in [3.8, 4) is 0 Å². The van der Waals surface area contributed by atoms with E-state index in [0.717, 1.165) is 47.0 Å². The minimum atomic E-state index is -3.64. The predicted molar refractivity (Wildman–Crippen MR) is 132 cm³/mol. The van der Waals surface area contributed by atoms with Gasteiger partial charge in [0.2, 0.25) is 10.0 Å². The number of piperidine rings is 1. The molecule has 35 heavy (non-hydrogen) atoms. The quantitative estimate of drug-likeness (QED) is 0.557. The van der Waals surface area contributed by atoms with Crippen LogP contribution in [-0.2, 0) is 27.7 Å². The van der Waals surface area contributed by atoms with E-state index in [1.807, 2.05) is 13.0 Å². The molecule has 3 aromatic rings. The molecule has 0 saturated carbocycles. The highest BCUT2D eigenvalue weighted by Crippen LogP contribution is 2.30. The number of carbonyl (C=O) groups excluding carboxylic acids is 2. The first kappa shape index (κ1) is 23.6. The Morgan fingerprint density at radius 1 is 1.00 bits per heavy atom. The number of rotatable bonds is 4. The van der Waals surface area contributed by atoms with Gasteiger partial charge in [0.25, 0.3) is 5.91 Å². The average molecular weight is 496 g/mol. The second-order valence-electron chi connectivity index (χ2n) is 9.25. The summed E-state index contributed by atoms with van der Waals surface area (Å²) in [5, 5.41) is 0.888. The Balaban J connectivity index is 1.45. The van der Waals surface area contributed by atoms with Crippen molar-refractivity contribution in [3.63, 3.8) is 0 Å². The molecule has 3 heterocycles. The molecule has 0 atom stereocenters. The fraction of sp³-hybridized carbons (Fsp3) is 0.385. The van der Waals surface area contributed by atoms with E-state index in [1.165, 1.54) is 17.5 Å². The molecule has 2 aromatic carbocycles. The number of hydrogen-bond acceptors (Lipinski definition) is 5. The van der Waals surface area contributed by atoms with Gasteiger partial charge in [-0.15, -0.1) is 0 Å². The molecule has 1 amide bonds. The van der Waals surface area contributed by atoms with Crippen molar-refractivity contribution in [2.24, 2.45) is 0 Å². The Labute approximate surface area is 204 Å². The van der Waals surface area contributed by atoms with E-state index >= 15 is 0 Å². The minimum absolute atomic E-state index is 0.167. The number of H-pyrrole nitrogens is 1. The maximum absolute atomic E-state index is 13.6. The van der Waals surface area contributed by atoms with Gasteiger partial charge in [0, 0.05) is 60.3 Å². The molecule has 0 unspecified atom stereocenters. The summed E-state index contributed by atoms with van der Waals surface area (Å²) in [6, 6.07) is 10.2. The highest BCUT2D eigenvalue weighted by atomic mass is 32.2. The summed E-state index contributed by atoms with van der Waals surface area (Å²) < 4.78 is 32.8. The van der Waals surface area contributed by atoms with E-state index in [1.54, 1.807) is 29.2 Å². The number of hydrogen-bond donors (Lipinski definition) is 1. The number of amides is 1. The number of nitrogens with one attached hydrogen (secondary N) is 1. The van der Waals surface area contributed by atoms with Gasteiger partial charge in [-0.25, -0.2) is 13.2 Å². The van der Waals surface area contributed by atoms with Crippen molar-refractivity contribution in [1.29, 1.82) is 0 Å². The van der Waals surface area contributed by atoms with Crippen molar-refractivity contribution in [3.05, 3.63) is 64.3 Å². The molecule has 5 rings (SSSR count). The number of fused-ring (bicyclic) bond motifs is 3. The van der Waals surface area contributed by atoms with Crippen molar-refractivity contribution in [2.75, 3.05) is 26.7 Å². The number of benzene rings is 2.